The lowest BCUT2D eigenvalue weighted by Crippen LogP contribution is -1.95. The molecular weight excluding hydrogens is 290 g/mol. The summed E-state index contributed by atoms with van der Waals surface area (Å²) >= 11 is 3.37. The highest BCUT2D eigenvalue weighted by atomic mass is 79.9. The molecule has 0 spiro atoms. The summed E-state index contributed by atoms with van der Waals surface area (Å²) in [6.07, 6.45) is 3.18. The summed E-state index contributed by atoms with van der Waals surface area (Å²) in [5, 5.41) is 3.05. The van der Waals surface area contributed by atoms with Crippen LogP contribution in [0, 0.1) is 0 Å². The van der Waals surface area contributed by atoms with Gasteiger partial charge in [-0.25, -0.2) is 0 Å². The van der Waals surface area contributed by atoms with Crippen molar-refractivity contribution in [2.45, 2.75) is 0 Å². The Balaban J connectivity index is 1.96. The second-order valence-electron chi connectivity index (χ2n) is 3.71. The maximum absolute atomic E-state index is 11.8. The number of hydrogen-bond acceptors (Lipinski definition) is 2. The summed E-state index contributed by atoms with van der Waals surface area (Å²) < 4.78 is 1.03. The Hall–Kier alpha value is -1.87. The van der Waals surface area contributed by atoms with E-state index in [0.717, 1.165) is 10.2 Å². The molecule has 18 heavy (non-hydrogen) atoms. The number of benzene rings is 2. The summed E-state index contributed by atoms with van der Waals surface area (Å²) in [6, 6.07) is 16.9. The Morgan fingerprint density at radius 1 is 1.00 bits per heavy atom. The predicted molar refractivity (Wildman–Crippen MR) is 77.7 cm³/mol. The average Bonchev–Trinajstić information content (AvgIpc) is 2.42. The monoisotopic (exact) mass is 301 g/mol. The molecule has 0 aromatic heterocycles. The van der Waals surface area contributed by atoms with Gasteiger partial charge in [0.25, 0.3) is 0 Å². The number of carbonyl (C=O) groups is 1. The molecule has 2 rings (SSSR count). The van der Waals surface area contributed by atoms with Crippen LogP contribution in [0.3, 0.4) is 0 Å². The number of halogens is 1. The average molecular weight is 302 g/mol. The molecule has 2 nitrogen and oxygen atoms in total. The van der Waals surface area contributed by atoms with Crippen LogP contribution in [0.25, 0.3) is 0 Å². The fourth-order valence-corrected chi connectivity index (χ4v) is 1.72. The third-order valence-corrected chi connectivity index (χ3v) is 2.92. The van der Waals surface area contributed by atoms with E-state index < -0.39 is 0 Å². The fourth-order valence-electron chi connectivity index (χ4n) is 1.46. The Labute approximate surface area is 114 Å². The van der Waals surface area contributed by atoms with Crippen molar-refractivity contribution in [3.05, 3.63) is 76.9 Å². The lowest BCUT2D eigenvalue weighted by Gasteiger charge is -2.00. The van der Waals surface area contributed by atoms with Crippen LogP contribution in [0.5, 0.6) is 0 Å². The van der Waals surface area contributed by atoms with Crippen LogP contribution in [0.4, 0.5) is 5.69 Å². The highest BCUT2D eigenvalue weighted by Gasteiger charge is 1.98. The minimum absolute atomic E-state index is 0.0137. The Morgan fingerprint density at radius 3 is 2.33 bits per heavy atom. The van der Waals surface area contributed by atoms with Crippen molar-refractivity contribution < 1.29 is 4.79 Å². The van der Waals surface area contributed by atoms with Gasteiger partial charge in [-0.15, -0.1) is 0 Å². The summed E-state index contributed by atoms with van der Waals surface area (Å²) in [5.41, 5.74) is 1.63. The maximum Gasteiger partial charge on any atom is 0.187 e. The first-order valence-corrected chi connectivity index (χ1v) is 6.33. The van der Waals surface area contributed by atoms with Gasteiger partial charge in [-0.1, -0.05) is 46.3 Å². The second-order valence-corrected chi connectivity index (χ2v) is 4.63. The first-order chi connectivity index (χ1) is 8.75. The molecule has 0 atom stereocenters. The number of ketones is 1. The lowest BCUT2D eigenvalue weighted by atomic mass is 10.1. The van der Waals surface area contributed by atoms with Crippen LogP contribution in [-0.4, -0.2) is 5.78 Å². The van der Waals surface area contributed by atoms with E-state index in [2.05, 4.69) is 21.2 Å². The van der Waals surface area contributed by atoms with E-state index >= 15 is 0 Å². The van der Waals surface area contributed by atoms with E-state index in [4.69, 9.17) is 0 Å². The van der Waals surface area contributed by atoms with Gasteiger partial charge in [-0.05, 0) is 24.3 Å². The molecule has 0 radical (unpaired) electrons. The number of hydrogen-bond donors (Lipinski definition) is 1. The SMILES string of the molecule is O=C(/C=C\Nc1ccc(Br)cc1)c1ccccc1. The molecule has 0 aliphatic heterocycles. The van der Waals surface area contributed by atoms with Gasteiger partial charge in [0.2, 0.25) is 0 Å². The van der Waals surface area contributed by atoms with Gasteiger partial charge in [0.1, 0.15) is 0 Å². The van der Waals surface area contributed by atoms with Crippen molar-refractivity contribution >= 4 is 27.4 Å². The summed E-state index contributed by atoms with van der Waals surface area (Å²) in [5.74, 6) is -0.0137. The largest absolute Gasteiger partial charge is 0.362 e. The molecule has 0 aliphatic carbocycles. The molecular formula is C15H12BrNO. The quantitative estimate of drug-likeness (QED) is 0.675. The van der Waals surface area contributed by atoms with Crippen LogP contribution < -0.4 is 5.32 Å². The minimum atomic E-state index is -0.0137. The number of anilines is 1. The molecule has 1 N–H and O–H groups in total. The van der Waals surface area contributed by atoms with Crippen LogP contribution in [0.2, 0.25) is 0 Å². The molecule has 3 heteroatoms. The zero-order chi connectivity index (χ0) is 12.8. The van der Waals surface area contributed by atoms with E-state index in [1.54, 1.807) is 18.3 Å². The Bertz CT molecular complexity index is 546. The molecule has 0 saturated carbocycles. The van der Waals surface area contributed by atoms with Crippen molar-refractivity contribution in [2.75, 3.05) is 5.32 Å². The normalized spacial score (nSPS) is 10.5. The molecule has 0 amide bonds. The van der Waals surface area contributed by atoms with Gasteiger partial charge in [0.15, 0.2) is 5.78 Å². The Kier molecular flexibility index (Phi) is 4.31. The lowest BCUT2D eigenvalue weighted by molar-refractivity contribution is 0.104. The molecule has 0 unspecified atom stereocenters. The van der Waals surface area contributed by atoms with Gasteiger partial charge < -0.3 is 5.32 Å². The van der Waals surface area contributed by atoms with E-state index in [-0.39, 0.29) is 5.78 Å². The number of carbonyl (C=O) groups excluding carboxylic acids is 1. The standard InChI is InChI=1S/C15H12BrNO/c16-13-6-8-14(9-7-13)17-11-10-15(18)12-4-2-1-3-5-12/h1-11,17H/b11-10-. The third-order valence-electron chi connectivity index (χ3n) is 2.39. The van der Waals surface area contributed by atoms with Crippen molar-refractivity contribution in [3.8, 4) is 0 Å². The second kappa shape index (κ2) is 6.17. The molecule has 0 aliphatic rings. The maximum atomic E-state index is 11.8. The van der Waals surface area contributed by atoms with Crippen LogP contribution in [0.15, 0.2) is 71.3 Å². The number of nitrogens with one attached hydrogen (secondary N) is 1. The van der Waals surface area contributed by atoms with Gasteiger partial charge in [0.05, 0.1) is 0 Å². The number of rotatable bonds is 4. The summed E-state index contributed by atoms with van der Waals surface area (Å²) in [7, 11) is 0. The van der Waals surface area contributed by atoms with Gasteiger partial charge in [-0.3, -0.25) is 4.79 Å². The first-order valence-electron chi connectivity index (χ1n) is 5.54. The molecule has 0 bridgehead atoms. The topological polar surface area (TPSA) is 29.1 Å². The molecule has 0 heterocycles. The summed E-state index contributed by atoms with van der Waals surface area (Å²) in [4.78, 5) is 11.8. The minimum Gasteiger partial charge on any atom is -0.362 e. The van der Waals surface area contributed by atoms with Gasteiger partial charge in [-0.2, -0.15) is 0 Å². The van der Waals surface area contributed by atoms with E-state index in [1.807, 2.05) is 42.5 Å². The highest BCUT2D eigenvalue weighted by molar-refractivity contribution is 9.10. The zero-order valence-corrected chi connectivity index (χ0v) is 11.2. The zero-order valence-electron chi connectivity index (χ0n) is 9.64. The molecule has 90 valence electrons. The first kappa shape index (κ1) is 12.6. The van der Waals surface area contributed by atoms with Crippen molar-refractivity contribution in [2.24, 2.45) is 0 Å². The molecule has 0 saturated heterocycles. The van der Waals surface area contributed by atoms with Crippen LogP contribution in [-0.2, 0) is 0 Å². The number of allylic oxidation sites excluding steroid dienone is 1. The van der Waals surface area contributed by atoms with Crippen LogP contribution in [0.1, 0.15) is 10.4 Å². The smallest absolute Gasteiger partial charge is 0.187 e. The summed E-state index contributed by atoms with van der Waals surface area (Å²) in [6.45, 7) is 0. The highest BCUT2D eigenvalue weighted by Crippen LogP contribution is 2.14. The van der Waals surface area contributed by atoms with Crippen molar-refractivity contribution in [3.63, 3.8) is 0 Å². The van der Waals surface area contributed by atoms with E-state index in [9.17, 15) is 4.79 Å². The fraction of sp³-hybridized carbons (Fsp3) is 0. The Morgan fingerprint density at radius 2 is 1.67 bits per heavy atom. The van der Waals surface area contributed by atoms with Gasteiger partial charge in [0, 0.05) is 28.0 Å². The van der Waals surface area contributed by atoms with Gasteiger partial charge >= 0.3 is 0 Å². The molecule has 0 fully saturated rings. The van der Waals surface area contributed by atoms with Crippen LogP contribution >= 0.6 is 15.9 Å². The van der Waals surface area contributed by atoms with Crippen molar-refractivity contribution in [1.29, 1.82) is 0 Å². The molecule has 2 aromatic rings. The predicted octanol–water partition coefficient (Wildman–Crippen LogP) is 4.26. The van der Waals surface area contributed by atoms with E-state index in [0.29, 0.717) is 5.56 Å². The third kappa shape index (κ3) is 3.57. The van der Waals surface area contributed by atoms with Crippen molar-refractivity contribution in [1.82, 2.24) is 0 Å². The van der Waals surface area contributed by atoms with E-state index in [1.165, 1.54) is 6.08 Å². The molecule has 2 aromatic carbocycles.